The maximum atomic E-state index is 11.9. The highest BCUT2D eigenvalue weighted by atomic mass is 35.5. The van der Waals surface area contributed by atoms with Crippen LogP contribution in [0.5, 0.6) is 0 Å². The first kappa shape index (κ1) is 16.2. The molecule has 1 rings (SSSR count). The molecule has 6 nitrogen and oxygen atoms in total. The maximum absolute atomic E-state index is 11.9. The normalized spacial score (nSPS) is 11.5. The first-order valence-electron chi connectivity index (χ1n) is 5.12. The summed E-state index contributed by atoms with van der Waals surface area (Å²) in [5.74, 6) is -1.38. The van der Waals surface area contributed by atoms with Gasteiger partial charge in [0.05, 0.1) is 10.6 Å². The quantitative estimate of drug-likeness (QED) is 0.684. The lowest BCUT2D eigenvalue weighted by Crippen LogP contribution is -2.26. The molecule has 0 spiro atoms. The van der Waals surface area contributed by atoms with E-state index in [0.29, 0.717) is 0 Å². The van der Waals surface area contributed by atoms with Crippen LogP contribution in [0.2, 0.25) is 10.0 Å². The van der Waals surface area contributed by atoms with E-state index in [1.165, 1.54) is 0 Å². The average Bonchev–Trinajstić information content (AvgIpc) is 2.31. The molecule has 0 heterocycles. The van der Waals surface area contributed by atoms with Gasteiger partial charge < -0.3 is 10.2 Å². The average molecular weight is 328 g/mol. The lowest BCUT2D eigenvalue weighted by atomic mass is 10.2. The first-order chi connectivity index (χ1) is 8.79. The van der Waals surface area contributed by atoms with E-state index in [1.807, 2.05) is 0 Å². The molecule has 1 aromatic rings. The van der Waals surface area contributed by atoms with Crippen molar-refractivity contribution < 1.29 is 23.4 Å². The van der Waals surface area contributed by atoms with Crippen molar-refractivity contribution in [1.29, 1.82) is 0 Å². The third-order valence-electron chi connectivity index (χ3n) is 2.15. The van der Waals surface area contributed by atoms with E-state index in [0.717, 1.165) is 12.1 Å². The standard InChI is InChI=1S/C10H11Cl2NO5S/c11-6-4-7(10(15)16)9(12)8(5-6)19(17,18)13-2-1-3-14/h4-5,13-14H,1-3H2,(H,15,16). The van der Waals surface area contributed by atoms with Gasteiger partial charge in [0.2, 0.25) is 10.0 Å². The predicted octanol–water partition coefficient (Wildman–Crippen LogP) is 1.35. The van der Waals surface area contributed by atoms with Crippen LogP contribution < -0.4 is 4.72 Å². The highest BCUT2D eigenvalue weighted by molar-refractivity contribution is 7.89. The molecule has 9 heteroatoms. The van der Waals surface area contributed by atoms with Gasteiger partial charge in [0.1, 0.15) is 4.90 Å². The summed E-state index contributed by atoms with van der Waals surface area (Å²) in [6.07, 6.45) is 0.225. The van der Waals surface area contributed by atoms with Gasteiger partial charge in [-0.15, -0.1) is 0 Å². The highest BCUT2D eigenvalue weighted by Crippen LogP contribution is 2.29. The largest absolute Gasteiger partial charge is 0.478 e. The third kappa shape index (κ3) is 4.05. The molecule has 0 aliphatic heterocycles. The molecule has 0 unspecified atom stereocenters. The second-order valence-electron chi connectivity index (χ2n) is 3.55. The van der Waals surface area contributed by atoms with Gasteiger partial charge in [-0.1, -0.05) is 23.2 Å². The van der Waals surface area contributed by atoms with Crippen LogP contribution in [0.25, 0.3) is 0 Å². The van der Waals surface area contributed by atoms with Crippen molar-refractivity contribution in [2.24, 2.45) is 0 Å². The number of rotatable bonds is 6. The van der Waals surface area contributed by atoms with Gasteiger partial charge in [-0.25, -0.2) is 17.9 Å². The van der Waals surface area contributed by atoms with E-state index in [4.69, 9.17) is 33.4 Å². The molecule has 0 aliphatic rings. The van der Waals surface area contributed by atoms with Gasteiger partial charge in [-0.3, -0.25) is 0 Å². The first-order valence-corrected chi connectivity index (χ1v) is 7.36. The van der Waals surface area contributed by atoms with Crippen molar-refractivity contribution >= 4 is 39.2 Å². The summed E-state index contributed by atoms with van der Waals surface area (Å²) in [4.78, 5) is 10.5. The van der Waals surface area contributed by atoms with E-state index in [-0.39, 0.29) is 24.6 Å². The second-order valence-corrected chi connectivity index (χ2v) is 6.10. The zero-order chi connectivity index (χ0) is 14.6. The van der Waals surface area contributed by atoms with Crippen molar-refractivity contribution in [1.82, 2.24) is 4.72 Å². The lowest BCUT2D eigenvalue weighted by Gasteiger charge is -2.10. The number of carboxylic acids is 1. The molecule has 0 bridgehead atoms. The number of benzene rings is 1. The Bertz CT molecular complexity index is 588. The Hall–Kier alpha value is -0.860. The number of aliphatic hydroxyl groups excluding tert-OH is 1. The Kier molecular flexibility index (Phi) is 5.57. The highest BCUT2D eigenvalue weighted by Gasteiger charge is 2.23. The fourth-order valence-corrected chi connectivity index (χ4v) is 3.25. The van der Waals surface area contributed by atoms with Crippen LogP contribution >= 0.6 is 23.2 Å². The zero-order valence-corrected chi connectivity index (χ0v) is 11.9. The number of hydrogen-bond donors (Lipinski definition) is 3. The summed E-state index contributed by atoms with van der Waals surface area (Å²) < 4.78 is 26.0. The van der Waals surface area contributed by atoms with Gasteiger partial charge in [-0.2, -0.15) is 0 Å². The molecule has 0 amide bonds. The van der Waals surface area contributed by atoms with Crippen molar-refractivity contribution in [3.63, 3.8) is 0 Å². The monoisotopic (exact) mass is 327 g/mol. The Morgan fingerprint density at radius 1 is 1.32 bits per heavy atom. The minimum absolute atomic E-state index is 0.00405. The molecule has 0 aromatic heterocycles. The van der Waals surface area contributed by atoms with Crippen LogP contribution in [-0.4, -0.2) is 37.8 Å². The third-order valence-corrected chi connectivity index (χ3v) is 4.37. The van der Waals surface area contributed by atoms with E-state index < -0.39 is 31.5 Å². The zero-order valence-electron chi connectivity index (χ0n) is 9.56. The molecular formula is C10H11Cl2NO5S. The summed E-state index contributed by atoms with van der Waals surface area (Å²) in [5, 5.41) is 17.0. The maximum Gasteiger partial charge on any atom is 0.337 e. The van der Waals surface area contributed by atoms with Crippen LogP contribution in [0.15, 0.2) is 17.0 Å². The molecule has 106 valence electrons. The number of aliphatic hydroxyl groups is 1. The lowest BCUT2D eigenvalue weighted by molar-refractivity contribution is 0.0697. The molecule has 0 atom stereocenters. The van der Waals surface area contributed by atoms with Crippen molar-refractivity contribution in [2.75, 3.05) is 13.2 Å². The smallest absolute Gasteiger partial charge is 0.337 e. The number of carboxylic acid groups (broad SMARTS) is 1. The molecular weight excluding hydrogens is 317 g/mol. The van der Waals surface area contributed by atoms with Crippen LogP contribution in [-0.2, 0) is 10.0 Å². The van der Waals surface area contributed by atoms with Crippen LogP contribution in [0.4, 0.5) is 0 Å². The minimum Gasteiger partial charge on any atom is -0.478 e. The fourth-order valence-electron chi connectivity index (χ4n) is 1.28. The van der Waals surface area contributed by atoms with Gasteiger partial charge in [0, 0.05) is 18.2 Å². The summed E-state index contributed by atoms with van der Waals surface area (Å²) >= 11 is 11.4. The van der Waals surface area contributed by atoms with Crippen molar-refractivity contribution in [2.45, 2.75) is 11.3 Å². The van der Waals surface area contributed by atoms with Crippen molar-refractivity contribution in [3.05, 3.63) is 27.7 Å². The van der Waals surface area contributed by atoms with Gasteiger partial charge >= 0.3 is 5.97 Å². The summed E-state index contributed by atoms with van der Waals surface area (Å²) in [5.41, 5.74) is -0.392. The minimum atomic E-state index is -3.98. The van der Waals surface area contributed by atoms with Crippen LogP contribution in [0.3, 0.4) is 0 Å². The molecule has 19 heavy (non-hydrogen) atoms. The van der Waals surface area contributed by atoms with Gasteiger partial charge in [0.15, 0.2) is 0 Å². The molecule has 0 saturated heterocycles. The summed E-state index contributed by atoms with van der Waals surface area (Å²) in [7, 11) is -3.98. The molecule has 0 saturated carbocycles. The van der Waals surface area contributed by atoms with E-state index in [1.54, 1.807) is 0 Å². The molecule has 1 aromatic carbocycles. The summed E-state index contributed by atoms with van der Waals surface area (Å²) in [6.45, 7) is -0.170. The number of carbonyl (C=O) groups is 1. The van der Waals surface area contributed by atoms with Crippen LogP contribution in [0, 0.1) is 0 Å². The van der Waals surface area contributed by atoms with E-state index >= 15 is 0 Å². The Morgan fingerprint density at radius 3 is 2.47 bits per heavy atom. The van der Waals surface area contributed by atoms with Gasteiger partial charge in [0.25, 0.3) is 0 Å². The number of halogens is 2. The van der Waals surface area contributed by atoms with E-state index in [2.05, 4.69) is 4.72 Å². The second kappa shape index (κ2) is 6.53. The topological polar surface area (TPSA) is 104 Å². The Morgan fingerprint density at radius 2 is 1.95 bits per heavy atom. The Labute approximate surface area is 120 Å². The predicted molar refractivity (Wildman–Crippen MR) is 70.3 cm³/mol. The van der Waals surface area contributed by atoms with Gasteiger partial charge in [-0.05, 0) is 18.6 Å². The Balaban J connectivity index is 3.23. The number of aromatic carboxylic acids is 1. The fraction of sp³-hybridized carbons (Fsp3) is 0.300. The number of hydrogen-bond acceptors (Lipinski definition) is 4. The molecule has 3 N–H and O–H groups in total. The van der Waals surface area contributed by atoms with E-state index in [9.17, 15) is 13.2 Å². The SMILES string of the molecule is O=C(O)c1cc(Cl)cc(S(=O)(=O)NCCCO)c1Cl. The molecule has 0 fully saturated rings. The molecule has 0 radical (unpaired) electrons. The number of sulfonamides is 1. The van der Waals surface area contributed by atoms with Crippen molar-refractivity contribution in [3.8, 4) is 0 Å². The number of nitrogens with one attached hydrogen (secondary N) is 1. The van der Waals surface area contributed by atoms with Crippen LogP contribution in [0.1, 0.15) is 16.8 Å². The molecule has 0 aliphatic carbocycles. The summed E-state index contributed by atoms with van der Waals surface area (Å²) in [6, 6.07) is 2.14.